The van der Waals surface area contributed by atoms with Crippen LogP contribution in [0.15, 0.2) is 5.16 Å². The Kier molecular flexibility index (Phi) is 3.09. The highest BCUT2D eigenvalue weighted by Crippen LogP contribution is 2.15. The lowest BCUT2D eigenvalue weighted by Crippen LogP contribution is -2.18. The van der Waals surface area contributed by atoms with Crippen molar-refractivity contribution in [1.29, 1.82) is 5.26 Å². The first-order valence-corrected chi connectivity index (χ1v) is 4.33. The maximum Gasteiger partial charge on any atom is 0.212 e. The molecule has 0 fully saturated rings. The summed E-state index contributed by atoms with van der Waals surface area (Å²) in [5.41, 5.74) is 1.09. The van der Waals surface area contributed by atoms with Crippen LogP contribution in [0.5, 0.6) is 0 Å². The number of rotatable bonds is 2. The first-order valence-electron chi connectivity index (χ1n) is 4.33. The Morgan fingerprint density at radius 2 is 2.50 bits per heavy atom. The van der Waals surface area contributed by atoms with Gasteiger partial charge in [0, 0.05) is 6.42 Å². The van der Waals surface area contributed by atoms with E-state index in [0.717, 1.165) is 25.0 Å². The Labute approximate surface area is 73.0 Å². The third kappa shape index (κ3) is 2.54. The zero-order valence-electron chi connectivity index (χ0n) is 7.58. The van der Waals surface area contributed by atoms with Gasteiger partial charge in [-0.05, 0) is 18.8 Å². The van der Waals surface area contributed by atoms with Gasteiger partial charge >= 0.3 is 0 Å². The van der Waals surface area contributed by atoms with Crippen molar-refractivity contribution >= 4 is 5.71 Å². The van der Waals surface area contributed by atoms with Gasteiger partial charge in [0.05, 0.1) is 5.71 Å². The van der Waals surface area contributed by atoms with Crippen molar-refractivity contribution in [2.75, 3.05) is 0 Å². The van der Waals surface area contributed by atoms with E-state index in [1.54, 1.807) is 0 Å². The zero-order valence-corrected chi connectivity index (χ0v) is 7.58. The van der Waals surface area contributed by atoms with Gasteiger partial charge in [0.2, 0.25) is 6.10 Å². The maximum atomic E-state index is 8.51. The van der Waals surface area contributed by atoms with Gasteiger partial charge in [0.25, 0.3) is 0 Å². The Morgan fingerprint density at radius 3 is 2.92 bits per heavy atom. The van der Waals surface area contributed by atoms with Crippen molar-refractivity contribution in [2.45, 2.75) is 39.2 Å². The Bertz CT molecular complexity index is 215. The van der Waals surface area contributed by atoms with E-state index in [2.05, 4.69) is 19.0 Å². The minimum absolute atomic E-state index is 0.319. The molecule has 0 aromatic rings. The molecule has 0 saturated heterocycles. The lowest BCUT2D eigenvalue weighted by Gasteiger charge is -2.16. The van der Waals surface area contributed by atoms with Crippen LogP contribution in [0.1, 0.15) is 33.1 Å². The zero-order chi connectivity index (χ0) is 8.97. The van der Waals surface area contributed by atoms with Crippen LogP contribution in [0.25, 0.3) is 0 Å². The number of hydrogen-bond acceptors (Lipinski definition) is 3. The van der Waals surface area contributed by atoms with E-state index in [0.29, 0.717) is 5.92 Å². The van der Waals surface area contributed by atoms with Crippen molar-refractivity contribution in [3.63, 3.8) is 0 Å². The van der Waals surface area contributed by atoms with Gasteiger partial charge in [0.15, 0.2) is 0 Å². The molecule has 1 rings (SSSR count). The Balaban J connectivity index is 2.40. The fourth-order valence-corrected chi connectivity index (χ4v) is 1.23. The second-order valence-corrected chi connectivity index (χ2v) is 3.52. The van der Waals surface area contributed by atoms with Crippen LogP contribution in [0.3, 0.4) is 0 Å². The fourth-order valence-electron chi connectivity index (χ4n) is 1.23. The molecular weight excluding hydrogens is 152 g/mol. The summed E-state index contributed by atoms with van der Waals surface area (Å²) < 4.78 is 0. The molecule has 1 unspecified atom stereocenters. The summed E-state index contributed by atoms with van der Waals surface area (Å²) in [6.07, 6.45) is 2.37. The molecule has 0 bridgehead atoms. The van der Waals surface area contributed by atoms with Crippen LogP contribution in [-0.4, -0.2) is 11.8 Å². The Morgan fingerprint density at radius 1 is 1.75 bits per heavy atom. The summed E-state index contributed by atoms with van der Waals surface area (Å²) in [7, 11) is 0. The molecular formula is C9H14N2O. The predicted molar refractivity (Wildman–Crippen MR) is 46.6 cm³/mol. The van der Waals surface area contributed by atoms with E-state index in [-0.39, 0.29) is 6.10 Å². The highest BCUT2D eigenvalue weighted by Gasteiger charge is 2.16. The minimum atomic E-state index is -0.319. The highest BCUT2D eigenvalue weighted by atomic mass is 16.6. The largest absolute Gasteiger partial charge is 0.377 e. The molecule has 66 valence electrons. The molecule has 1 aliphatic heterocycles. The second kappa shape index (κ2) is 4.10. The summed E-state index contributed by atoms with van der Waals surface area (Å²) in [5.74, 6) is 0.617. The van der Waals surface area contributed by atoms with Gasteiger partial charge in [0.1, 0.15) is 6.07 Å². The molecule has 12 heavy (non-hydrogen) atoms. The molecule has 0 amide bonds. The van der Waals surface area contributed by atoms with E-state index in [9.17, 15) is 0 Å². The lowest BCUT2D eigenvalue weighted by atomic mass is 10.0. The smallest absolute Gasteiger partial charge is 0.212 e. The molecule has 0 saturated carbocycles. The van der Waals surface area contributed by atoms with E-state index in [4.69, 9.17) is 10.1 Å². The average molecular weight is 166 g/mol. The van der Waals surface area contributed by atoms with Gasteiger partial charge in [-0.1, -0.05) is 19.0 Å². The van der Waals surface area contributed by atoms with E-state index >= 15 is 0 Å². The van der Waals surface area contributed by atoms with Gasteiger partial charge in [-0.3, -0.25) is 0 Å². The molecule has 1 aliphatic rings. The van der Waals surface area contributed by atoms with Crippen molar-refractivity contribution in [3.8, 4) is 6.07 Å². The summed E-state index contributed by atoms with van der Waals surface area (Å²) >= 11 is 0. The summed E-state index contributed by atoms with van der Waals surface area (Å²) in [6, 6.07) is 2.05. The summed E-state index contributed by atoms with van der Waals surface area (Å²) in [6.45, 7) is 4.30. The highest BCUT2D eigenvalue weighted by molar-refractivity contribution is 5.84. The molecule has 3 heteroatoms. The van der Waals surface area contributed by atoms with Crippen molar-refractivity contribution < 1.29 is 4.84 Å². The molecule has 1 atom stereocenters. The topological polar surface area (TPSA) is 45.4 Å². The van der Waals surface area contributed by atoms with Crippen LogP contribution < -0.4 is 0 Å². The molecule has 0 aromatic carbocycles. The Hall–Kier alpha value is -1.04. The van der Waals surface area contributed by atoms with E-state index in [1.807, 2.05) is 6.07 Å². The van der Waals surface area contributed by atoms with Crippen LogP contribution >= 0.6 is 0 Å². The van der Waals surface area contributed by atoms with Crippen LogP contribution in [0.4, 0.5) is 0 Å². The quantitative estimate of drug-likeness (QED) is 0.630. The predicted octanol–water partition coefficient (Wildman–Crippen LogP) is 2.09. The van der Waals surface area contributed by atoms with Crippen molar-refractivity contribution in [3.05, 3.63) is 0 Å². The maximum absolute atomic E-state index is 8.51. The lowest BCUT2D eigenvalue weighted by molar-refractivity contribution is 0.0805. The third-order valence-corrected chi connectivity index (χ3v) is 1.79. The molecule has 0 radical (unpaired) electrons. The molecule has 3 nitrogen and oxygen atoms in total. The fraction of sp³-hybridized carbons (Fsp3) is 0.778. The number of nitriles is 1. The summed E-state index contributed by atoms with van der Waals surface area (Å²) in [4.78, 5) is 4.97. The van der Waals surface area contributed by atoms with Gasteiger partial charge in [-0.2, -0.15) is 5.26 Å². The monoisotopic (exact) mass is 166 g/mol. The minimum Gasteiger partial charge on any atom is -0.377 e. The molecule has 0 spiro atoms. The first-order chi connectivity index (χ1) is 5.72. The first kappa shape index (κ1) is 9.05. The van der Waals surface area contributed by atoms with Gasteiger partial charge in [-0.25, -0.2) is 0 Å². The normalized spacial score (nSPS) is 22.8. The second-order valence-electron chi connectivity index (χ2n) is 3.52. The molecule has 1 heterocycles. The standard InChI is InChI=1S/C9H14N2O/c1-7(2)5-8-3-4-9(6-10)12-11-8/h7,9H,3-5H2,1-2H3. The van der Waals surface area contributed by atoms with Crippen molar-refractivity contribution in [1.82, 2.24) is 0 Å². The van der Waals surface area contributed by atoms with Crippen LogP contribution in [-0.2, 0) is 4.84 Å². The van der Waals surface area contributed by atoms with Gasteiger partial charge < -0.3 is 4.84 Å². The molecule has 0 aromatic heterocycles. The number of nitrogens with zero attached hydrogens (tertiary/aromatic N) is 2. The van der Waals surface area contributed by atoms with E-state index < -0.39 is 0 Å². The SMILES string of the molecule is CC(C)CC1=NOC(C#N)CC1. The number of oxime groups is 1. The van der Waals surface area contributed by atoms with E-state index in [1.165, 1.54) is 0 Å². The van der Waals surface area contributed by atoms with Crippen LogP contribution in [0.2, 0.25) is 0 Å². The summed E-state index contributed by atoms with van der Waals surface area (Å²) in [5, 5.41) is 12.4. The van der Waals surface area contributed by atoms with Crippen molar-refractivity contribution in [2.24, 2.45) is 11.1 Å². The van der Waals surface area contributed by atoms with Gasteiger partial charge in [-0.15, -0.1) is 0 Å². The third-order valence-electron chi connectivity index (χ3n) is 1.79. The van der Waals surface area contributed by atoms with Crippen LogP contribution in [0, 0.1) is 17.2 Å². The average Bonchev–Trinajstić information content (AvgIpc) is 2.05. The molecule has 0 N–H and O–H groups in total. The number of hydrogen-bond donors (Lipinski definition) is 0. The molecule has 0 aliphatic carbocycles.